The molecule has 0 fully saturated rings. The zero-order valence-electron chi connectivity index (χ0n) is 13.6. The quantitative estimate of drug-likeness (QED) is 0.713. The lowest BCUT2D eigenvalue weighted by Crippen LogP contribution is -2.24. The number of para-hydroxylation sites is 1. The van der Waals surface area contributed by atoms with Gasteiger partial charge in [-0.05, 0) is 37.4 Å². The highest BCUT2D eigenvalue weighted by Crippen LogP contribution is 2.22. The summed E-state index contributed by atoms with van der Waals surface area (Å²) in [5.41, 5.74) is 2.81. The second-order valence-electron chi connectivity index (χ2n) is 5.92. The Morgan fingerprint density at radius 2 is 2.00 bits per heavy atom. The zero-order valence-corrected chi connectivity index (χ0v) is 13.6. The number of rotatable bonds is 9. The average Bonchev–Trinajstić information content (AvgIpc) is 2.82. The molecule has 1 heterocycles. The van der Waals surface area contributed by atoms with Gasteiger partial charge >= 0.3 is 0 Å². The molecule has 0 aliphatic carbocycles. The summed E-state index contributed by atoms with van der Waals surface area (Å²) in [6.45, 7) is 7.35. The Morgan fingerprint density at radius 1 is 1.19 bits per heavy atom. The van der Waals surface area contributed by atoms with Crippen LogP contribution in [0.5, 0.6) is 0 Å². The van der Waals surface area contributed by atoms with Gasteiger partial charge in [-0.25, -0.2) is 0 Å². The first-order valence-corrected chi connectivity index (χ1v) is 8.01. The van der Waals surface area contributed by atoms with Gasteiger partial charge in [-0.1, -0.05) is 32.0 Å². The molecule has 1 N–H and O–H groups in total. The predicted octanol–water partition coefficient (Wildman–Crippen LogP) is 3.61. The van der Waals surface area contributed by atoms with E-state index in [1.54, 1.807) is 7.11 Å². The van der Waals surface area contributed by atoms with Gasteiger partial charge in [-0.2, -0.15) is 0 Å². The number of benzene rings is 1. The van der Waals surface area contributed by atoms with Gasteiger partial charge < -0.3 is 14.6 Å². The Kier molecular flexibility index (Phi) is 6.27. The van der Waals surface area contributed by atoms with Crippen LogP contribution in [0, 0.1) is 0 Å². The Labute approximate surface area is 128 Å². The first-order valence-electron chi connectivity index (χ1n) is 8.01. The van der Waals surface area contributed by atoms with Crippen LogP contribution in [0.15, 0.2) is 30.5 Å². The summed E-state index contributed by atoms with van der Waals surface area (Å²) >= 11 is 0. The van der Waals surface area contributed by atoms with Crippen molar-refractivity contribution >= 4 is 10.9 Å². The summed E-state index contributed by atoms with van der Waals surface area (Å²) in [5, 5.41) is 4.90. The van der Waals surface area contributed by atoms with E-state index in [1.165, 1.54) is 16.5 Å². The normalized spacial score (nSPS) is 11.6. The first-order chi connectivity index (χ1) is 10.2. The van der Waals surface area contributed by atoms with Crippen molar-refractivity contribution < 1.29 is 4.74 Å². The fourth-order valence-corrected chi connectivity index (χ4v) is 2.73. The summed E-state index contributed by atoms with van der Waals surface area (Å²) < 4.78 is 7.53. The van der Waals surface area contributed by atoms with E-state index in [1.807, 2.05) is 0 Å². The van der Waals surface area contributed by atoms with E-state index in [2.05, 4.69) is 54.2 Å². The topological polar surface area (TPSA) is 26.2 Å². The van der Waals surface area contributed by atoms with Gasteiger partial charge in [0.1, 0.15) is 0 Å². The third-order valence-electron chi connectivity index (χ3n) is 3.82. The molecule has 0 unspecified atom stereocenters. The number of unbranched alkanes of at least 4 members (excludes halogenated alkanes) is 1. The van der Waals surface area contributed by atoms with Crippen molar-refractivity contribution in [2.24, 2.45) is 0 Å². The van der Waals surface area contributed by atoms with Gasteiger partial charge in [0, 0.05) is 43.4 Å². The highest BCUT2D eigenvalue weighted by atomic mass is 16.5. The van der Waals surface area contributed by atoms with Crippen molar-refractivity contribution in [1.29, 1.82) is 0 Å². The minimum absolute atomic E-state index is 0.549. The minimum Gasteiger partial charge on any atom is -0.385 e. The van der Waals surface area contributed by atoms with Crippen molar-refractivity contribution in [2.75, 3.05) is 20.3 Å². The molecule has 0 amide bonds. The fourth-order valence-electron chi connectivity index (χ4n) is 2.73. The molecular weight excluding hydrogens is 260 g/mol. The summed E-state index contributed by atoms with van der Waals surface area (Å²) in [6, 6.07) is 9.28. The van der Waals surface area contributed by atoms with Crippen molar-refractivity contribution in [3.8, 4) is 0 Å². The van der Waals surface area contributed by atoms with Crippen LogP contribution in [0.3, 0.4) is 0 Å². The summed E-state index contributed by atoms with van der Waals surface area (Å²) in [4.78, 5) is 0. The van der Waals surface area contributed by atoms with E-state index in [0.717, 1.165) is 39.0 Å². The molecule has 1 aromatic carbocycles. The molecule has 0 bridgehead atoms. The van der Waals surface area contributed by atoms with Gasteiger partial charge in [0.25, 0.3) is 0 Å². The Bertz CT molecular complexity index is 545. The largest absolute Gasteiger partial charge is 0.385 e. The van der Waals surface area contributed by atoms with E-state index in [4.69, 9.17) is 4.74 Å². The molecule has 1 aromatic heterocycles. The number of nitrogens with one attached hydrogen (secondary N) is 1. The maximum Gasteiger partial charge on any atom is 0.0483 e. The Balaban J connectivity index is 2.06. The third-order valence-corrected chi connectivity index (χ3v) is 3.82. The monoisotopic (exact) mass is 288 g/mol. The second-order valence-corrected chi connectivity index (χ2v) is 5.92. The number of hydrogen-bond donors (Lipinski definition) is 1. The molecule has 0 saturated heterocycles. The van der Waals surface area contributed by atoms with Crippen molar-refractivity contribution in [3.05, 3.63) is 36.0 Å². The summed E-state index contributed by atoms with van der Waals surface area (Å²) in [7, 11) is 1.77. The lowest BCUT2D eigenvalue weighted by Gasteiger charge is -2.06. The van der Waals surface area contributed by atoms with Gasteiger partial charge in [0.05, 0.1) is 0 Å². The third kappa shape index (κ3) is 4.58. The number of aryl methyl sites for hydroxylation is 1. The van der Waals surface area contributed by atoms with Crippen LogP contribution in [0.1, 0.15) is 32.3 Å². The van der Waals surface area contributed by atoms with Gasteiger partial charge in [-0.3, -0.25) is 0 Å². The lowest BCUT2D eigenvalue weighted by molar-refractivity contribution is 0.191. The Morgan fingerprint density at radius 3 is 2.76 bits per heavy atom. The van der Waals surface area contributed by atoms with Crippen LogP contribution < -0.4 is 5.32 Å². The molecule has 21 heavy (non-hydrogen) atoms. The van der Waals surface area contributed by atoms with Crippen LogP contribution in [0.4, 0.5) is 0 Å². The first kappa shape index (κ1) is 16.1. The molecule has 2 rings (SSSR count). The van der Waals surface area contributed by atoms with E-state index in [-0.39, 0.29) is 0 Å². The SMILES string of the molecule is COCCCCn1cc(CCNC(C)C)c2ccccc21. The smallest absolute Gasteiger partial charge is 0.0483 e. The number of nitrogens with zero attached hydrogens (tertiary/aromatic N) is 1. The van der Waals surface area contributed by atoms with Crippen LogP contribution >= 0.6 is 0 Å². The van der Waals surface area contributed by atoms with Gasteiger partial charge in [0.2, 0.25) is 0 Å². The van der Waals surface area contributed by atoms with Crippen LogP contribution in [0.25, 0.3) is 10.9 Å². The van der Waals surface area contributed by atoms with E-state index in [9.17, 15) is 0 Å². The van der Waals surface area contributed by atoms with Crippen molar-refractivity contribution in [2.45, 2.75) is 45.7 Å². The van der Waals surface area contributed by atoms with E-state index >= 15 is 0 Å². The summed E-state index contributed by atoms with van der Waals surface area (Å²) in [5.74, 6) is 0. The molecule has 2 aromatic rings. The van der Waals surface area contributed by atoms with Gasteiger partial charge in [-0.15, -0.1) is 0 Å². The van der Waals surface area contributed by atoms with E-state index < -0.39 is 0 Å². The highest BCUT2D eigenvalue weighted by Gasteiger charge is 2.07. The fraction of sp³-hybridized carbons (Fsp3) is 0.556. The molecule has 0 saturated carbocycles. The van der Waals surface area contributed by atoms with Crippen molar-refractivity contribution in [1.82, 2.24) is 9.88 Å². The standard InChI is InChI=1S/C18H28N2O/c1-15(2)19-11-10-16-14-20(12-6-7-13-21-3)18-9-5-4-8-17(16)18/h4-5,8-9,14-15,19H,6-7,10-13H2,1-3H3. The summed E-state index contributed by atoms with van der Waals surface area (Å²) in [6.07, 6.45) is 5.70. The maximum atomic E-state index is 5.13. The van der Waals surface area contributed by atoms with Crippen molar-refractivity contribution in [3.63, 3.8) is 0 Å². The molecule has 3 nitrogen and oxygen atoms in total. The Hall–Kier alpha value is -1.32. The van der Waals surface area contributed by atoms with Crippen LogP contribution in [-0.2, 0) is 17.7 Å². The lowest BCUT2D eigenvalue weighted by atomic mass is 10.1. The number of ether oxygens (including phenoxy) is 1. The molecular formula is C18H28N2O. The molecule has 0 aliphatic rings. The second kappa shape index (κ2) is 8.20. The van der Waals surface area contributed by atoms with Crippen LogP contribution in [0.2, 0.25) is 0 Å². The molecule has 0 aliphatic heterocycles. The number of methoxy groups -OCH3 is 1. The molecule has 116 valence electrons. The van der Waals surface area contributed by atoms with Gasteiger partial charge in [0.15, 0.2) is 0 Å². The van der Waals surface area contributed by atoms with Crippen LogP contribution in [-0.4, -0.2) is 30.9 Å². The number of hydrogen-bond acceptors (Lipinski definition) is 2. The highest BCUT2D eigenvalue weighted by molar-refractivity contribution is 5.84. The zero-order chi connectivity index (χ0) is 15.1. The molecule has 0 radical (unpaired) electrons. The maximum absolute atomic E-state index is 5.13. The number of fused-ring (bicyclic) bond motifs is 1. The van der Waals surface area contributed by atoms with E-state index in [0.29, 0.717) is 6.04 Å². The molecule has 0 atom stereocenters. The predicted molar refractivity (Wildman–Crippen MR) is 89.9 cm³/mol. The molecule has 0 spiro atoms. The average molecular weight is 288 g/mol. The molecule has 3 heteroatoms. The minimum atomic E-state index is 0.549. The number of aromatic nitrogens is 1.